The van der Waals surface area contributed by atoms with Gasteiger partial charge in [0.1, 0.15) is 0 Å². The van der Waals surface area contributed by atoms with E-state index in [9.17, 15) is 4.79 Å². The molecule has 0 saturated carbocycles. The van der Waals surface area contributed by atoms with Gasteiger partial charge in [0.15, 0.2) is 0 Å². The quantitative estimate of drug-likeness (QED) is 0.708. The van der Waals surface area contributed by atoms with Crippen LogP contribution in [-0.2, 0) is 22.5 Å². The zero-order chi connectivity index (χ0) is 14.3. The molecule has 0 saturated heterocycles. The Hall–Kier alpha value is -1.35. The molecule has 0 unspecified atom stereocenters. The van der Waals surface area contributed by atoms with Crippen molar-refractivity contribution in [3.63, 3.8) is 0 Å². The number of carbonyl (C=O) groups is 1. The summed E-state index contributed by atoms with van der Waals surface area (Å²) in [5.41, 5.74) is 2.28. The van der Waals surface area contributed by atoms with Crippen molar-refractivity contribution in [2.75, 3.05) is 13.7 Å². The summed E-state index contributed by atoms with van der Waals surface area (Å²) in [6.45, 7) is 8.57. The minimum atomic E-state index is -0.181. The predicted octanol–water partition coefficient (Wildman–Crippen LogP) is 3.02. The maximum Gasteiger partial charge on any atom is 0.309 e. The number of nitrogens with zero attached hydrogens (tertiary/aromatic N) is 1. The van der Waals surface area contributed by atoms with Gasteiger partial charge in [0.25, 0.3) is 0 Å². The molecule has 0 aliphatic rings. The molecule has 0 atom stereocenters. The standard InChI is InChI=1S/C16H25NO2/c1-5-10-17(13(2)3)12-15-9-7-6-8-14(15)11-16(18)19-4/h6-9,13H,5,10-12H2,1-4H3. The van der Waals surface area contributed by atoms with Crippen LogP contribution in [0.2, 0.25) is 0 Å². The molecule has 0 aliphatic heterocycles. The Bertz CT molecular complexity index is 401. The Morgan fingerprint density at radius 3 is 2.42 bits per heavy atom. The van der Waals surface area contributed by atoms with Gasteiger partial charge >= 0.3 is 5.97 Å². The molecule has 0 aromatic heterocycles. The lowest BCUT2D eigenvalue weighted by atomic mass is 10.0. The summed E-state index contributed by atoms with van der Waals surface area (Å²) >= 11 is 0. The zero-order valence-corrected chi connectivity index (χ0v) is 12.5. The highest BCUT2D eigenvalue weighted by Gasteiger charge is 2.13. The third-order valence-electron chi connectivity index (χ3n) is 3.30. The van der Waals surface area contributed by atoms with Crippen LogP contribution in [0.3, 0.4) is 0 Å². The maximum atomic E-state index is 11.4. The number of ether oxygens (including phenoxy) is 1. The fraction of sp³-hybridized carbons (Fsp3) is 0.562. The van der Waals surface area contributed by atoms with E-state index in [2.05, 4.69) is 31.7 Å². The summed E-state index contributed by atoms with van der Waals surface area (Å²) in [6.07, 6.45) is 1.49. The molecule has 1 rings (SSSR count). The smallest absolute Gasteiger partial charge is 0.309 e. The molecular formula is C16H25NO2. The van der Waals surface area contributed by atoms with Crippen molar-refractivity contribution < 1.29 is 9.53 Å². The van der Waals surface area contributed by atoms with Crippen LogP contribution in [0.25, 0.3) is 0 Å². The van der Waals surface area contributed by atoms with Crippen LogP contribution in [0.1, 0.15) is 38.3 Å². The number of hydrogen-bond acceptors (Lipinski definition) is 3. The van der Waals surface area contributed by atoms with Crippen LogP contribution in [0.4, 0.5) is 0 Å². The molecule has 0 N–H and O–H groups in total. The minimum absolute atomic E-state index is 0.181. The first kappa shape index (κ1) is 15.7. The Kier molecular flexibility index (Phi) is 6.57. The van der Waals surface area contributed by atoms with E-state index in [-0.39, 0.29) is 5.97 Å². The van der Waals surface area contributed by atoms with E-state index in [0.717, 1.165) is 25.1 Å². The average molecular weight is 263 g/mol. The maximum absolute atomic E-state index is 11.4. The molecule has 106 valence electrons. The Morgan fingerprint density at radius 2 is 1.89 bits per heavy atom. The van der Waals surface area contributed by atoms with E-state index >= 15 is 0 Å². The molecule has 0 heterocycles. The van der Waals surface area contributed by atoms with Crippen molar-refractivity contribution in [3.8, 4) is 0 Å². The molecule has 19 heavy (non-hydrogen) atoms. The van der Waals surface area contributed by atoms with Crippen molar-refractivity contribution in [1.29, 1.82) is 0 Å². The van der Waals surface area contributed by atoms with Gasteiger partial charge in [0.2, 0.25) is 0 Å². The summed E-state index contributed by atoms with van der Waals surface area (Å²) in [6, 6.07) is 8.62. The number of benzene rings is 1. The van der Waals surface area contributed by atoms with Crippen molar-refractivity contribution >= 4 is 5.97 Å². The van der Waals surface area contributed by atoms with E-state index < -0.39 is 0 Å². The summed E-state index contributed by atoms with van der Waals surface area (Å²) in [5, 5.41) is 0. The van der Waals surface area contributed by atoms with Gasteiger partial charge in [-0.2, -0.15) is 0 Å². The fourth-order valence-corrected chi connectivity index (χ4v) is 2.14. The molecule has 0 fully saturated rings. The second-order valence-corrected chi connectivity index (χ2v) is 5.09. The SMILES string of the molecule is CCCN(Cc1ccccc1CC(=O)OC)C(C)C. The number of hydrogen-bond donors (Lipinski definition) is 0. The van der Waals surface area contributed by atoms with E-state index in [1.807, 2.05) is 18.2 Å². The minimum Gasteiger partial charge on any atom is -0.469 e. The Balaban J connectivity index is 2.84. The number of methoxy groups -OCH3 is 1. The van der Waals surface area contributed by atoms with Crippen LogP contribution in [0, 0.1) is 0 Å². The van der Waals surface area contributed by atoms with Crippen molar-refractivity contribution in [2.45, 2.75) is 46.2 Å². The number of esters is 1. The van der Waals surface area contributed by atoms with Crippen molar-refractivity contribution in [3.05, 3.63) is 35.4 Å². The van der Waals surface area contributed by atoms with Gasteiger partial charge in [-0.25, -0.2) is 0 Å². The van der Waals surface area contributed by atoms with Crippen LogP contribution in [0.5, 0.6) is 0 Å². The summed E-state index contributed by atoms with van der Waals surface area (Å²) in [7, 11) is 1.43. The lowest BCUT2D eigenvalue weighted by Gasteiger charge is -2.27. The van der Waals surface area contributed by atoms with Crippen LogP contribution in [0.15, 0.2) is 24.3 Å². The van der Waals surface area contributed by atoms with Gasteiger partial charge in [-0.3, -0.25) is 9.69 Å². The second kappa shape index (κ2) is 7.95. The molecular weight excluding hydrogens is 238 g/mol. The average Bonchev–Trinajstić information content (AvgIpc) is 2.40. The lowest BCUT2D eigenvalue weighted by Crippen LogP contribution is -2.31. The molecule has 0 radical (unpaired) electrons. The van der Waals surface area contributed by atoms with Gasteiger partial charge in [-0.1, -0.05) is 31.2 Å². The Labute approximate surface area is 116 Å². The number of carbonyl (C=O) groups excluding carboxylic acids is 1. The molecule has 3 heteroatoms. The molecule has 0 amide bonds. The monoisotopic (exact) mass is 263 g/mol. The van der Waals surface area contributed by atoms with Gasteiger partial charge in [-0.15, -0.1) is 0 Å². The highest BCUT2D eigenvalue weighted by molar-refractivity contribution is 5.72. The fourth-order valence-electron chi connectivity index (χ4n) is 2.14. The molecule has 0 bridgehead atoms. The van der Waals surface area contributed by atoms with E-state index in [1.165, 1.54) is 12.7 Å². The van der Waals surface area contributed by atoms with Crippen LogP contribution in [-0.4, -0.2) is 30.6 Å². The summed E-state index contributed by atoms with van der Waals surface area (Å²) in [5.74, 6) is -0.181. The predicted molar refractivity (Wildman–Crippen MR) is 78.0 cm³/mol. The first-order valence-electron chi connectivity index (χ1n) is 6.96. The molecule has 3 nitrogen and oxygen atoms in total. The van der Waals surface area contributed by atoms with E-state index in [0.29, 0.717) is 12.5 Å². The summed E-state index contributed by atoms with van der Waals surface area (Å²) in [4.78, 5) is 13.9. The highest BCUT2D eigenvalue weighted by Crippen LogP contribution is 2.15. The topological polar surface area (TPSA) is 29.5 Å². The van der Waals surface area contributed by atoms with Gasteiger partial charge in [0.05, 0.1) is 13.5 Å². The third-order valence-corrected chi connectivity index (χ3v) is 3.30. The van der Waals surface area contributed by atoms with Gasteiger partial charge < -0.3 is 4.74 Å². The highest BCUT2D eigenvalue weighted by atomic mass is 16.5. The zero-order valence-electron chi connectivity index (χ0n) is 12.5. The van der Waals surface area contributed by atoms with Gasteiger partial charge in [0, 0.05) is 12.6 Å². The second-order valence-electron chi connectivity index (χ2n) is 5.09. The van der Waals surface area contributed by atoms with E-state index in [1.54, 1.807) is 0 Å². The van der Waals surface area contributed by atoms with Gasteiger partial charge in [-0.05, 0) is 37.9 Å². The van der Waals surface area contributed by atoms with Crippen molar-refractivity contribution in [1.82, 2.24) is 4.90 Å². The molecule has 0 spiro atoms. The summed E-state index contributed by atoms with van der Waals surface area (Å²) < 4.78 is 4.76. The molecule has 0 aliphatic carbocycles. The first-order valence-corrected chi connectivity index (χ1v) is 6.96. The third kappa shape index (κ3) is 5.03. The van der Waals surface area contributed by atoms with Crippen molar-refractivity contribution in [2.24, 2.45) is 0 Å². The Morgan fingerprint density at radius 1 is 1.26 bits per heavy atom. The first-order chi connectivity index (χ1) is 9.08. The largest absolute Gasteiger partial charge is 0.469 e. The van der Waals surface area contributed by atoms with E-state index in [4.69, 9.17) is 4.74 Å². The molecule has 1 aromatic carbocycles. The molecule has 1 aromatic rings. The number of rotatable bonds is 7. The lowest BCUT2D eigenvalue weighted by molar-refractivity contribution is -0.139. The van der Waals surface area contributed by atoms with Crippen LogP contribution < -0.4 is 0 Å². The van der Waals surface area contributed by atoms with Crippen LogP contribution >= 0.6 is 0 Å². The normalized spacial score (nSPS) is 11.1.